The summed E-state index contributed by atoms with van der Waals surface area (Å²) in [5, 5.41) is 12.0. The molecule has 6 heteroatoms. The smallest absolute Gasteiger partial charge is 0.358 e. The molecule has 0 spiro atoms. The Bertz CT molecular complexity index is 372. The third kappa shape index (κ3) is 4.54. The number of carbonyl (C=O) groups is 1. The fraction of sp³-hybridized carbons (Fsp3) is 0.636. The average molecular weight is 243 g/mol. The molecule has 0 amide bonds. The third-order valence-corrected chi connectivity index (χ3v) is 2.42. The zero-order chi connectivity index (χ0) is 12.9. The summed E-state index contributed by atoms with van der Waals surface area (Å²) in [7, 11) is 1.65. The lowest BCUT2D eigenvalue weighted by Gasteiger charge is -2.22. The number of hydrogen-bond acceptors (Lipinski definition) is 5. The van der Waals surface area contributed by atoms with Gasteiger partial charge in [0.15, 0.2) is 11.5 Å². The first-order valence-corrected chi connectivity index (χ1v) is 5.26. The SMILES string of the molecule is COC(C)(C)CCOCc1cc(C(=O)O)no1. The molecule has 0 saturated carbocycles. The van der Waals surface area contributed by atoms with E-state index in [2.05, 4.69) is 5.16 Å². The van der Waals surface area contributed by atoms with Gasteiger partial charge < -0.3 is 19.1 Å². The van der Waals surface area contributed by atoms with Crippen LogP contribution in [0.1, 0.15) is 36.5 Å². The summed E-state index contributed by atoms with van der Waals surface area (Å²) in [5.74, 6) is -0.710. The Kier molecular flexibility index (Phi) is 4.65. The third-order valence-electron chi connectivity index (χ3n) is 2.42. The predicted octanol–water partition coefficient (Wildman–Crippen LogP) is 1.70. The Hall–Kier alpha value is -1.40. The number of nitrogens with zero attached hydrogens (tertiary/aromatic N) is 1. The van der Waals surface area contributed by atoms with Crippen molar-refractivity contribution in [3.63, 3.8) is 0 Å². The van der Waals surface area contributed by atoms with Crippen molar-refractivity contribution < 1.29 is 23.9 Å². The quantitative estimate of drug-likeness (QED) is 0.734. The zero-order valence-electron chi connectivity index (χ0n) is 10.2. The van der Waals surface area contributed by atoms with Gasteiger partial charge >= 0.3 is 5.97 Å². The van der Waals surface area contributed by atoms with Crippen LogP contribution < -0.4 is 0 Å². The van der Waals surface area contributed by atoms with E-state index in [1.54, 1.807) is 7.11 Å². The van der Waals surface area contributed by atoms with E-state index in [0.29, 0.717) is 12.4 Å². The topological polar surface area (TPSA) is 81.8 Å². The van der Waals surface area contributed by atoms with Crippen molar-refractivity contribution in [3.05, 3.63) is 17.5 Å². The highest BCUT2D eigenvalue weighted by Gasteiger charge is 2.16. The lowest BCUT2D eigenvalue weighted by Crippen LogP contribution is -2.24. The number of hydrogen-bond donors (Lipinski definition) is 1. The molecule has 0 aromatic carbocycles. The molecule has 0 atom stereocenters. The van der Waals surface area contributed by atoms with Crippen LogP contribution in [0, 0.1) is 0 Å². The first kappa shape index (κ1) is 13.7. The maximum Gasteiger partial charge on any atom is 0.358 e. The molecule has 0 aliphatic heterocycles. The molecule has 17 heavy (non-hydrogen) atoms. The van der Waals surface area contributed by atoms with Crippen molar-refractivity contribution in [3.8, 4) is 0 Å². The number of carboxylic acid groups (broad SMARTS) is 1. The van der Waals surface area contributed by atoms with E-state index in [-0.39, 0.29) is 17.9 Å². The number of ether oxygens (including phenoxy) is 2. The van der Waals surface area contributed by atoms with Crippen molar-refractivity contribution in [2.24, 2.45) is 0 Å². The van der Waals surface area contributed by atoms with Crippen LogP contribution in [0.15, 0.2) is 10.6 Å². The molecule has 1 N–H and O–H groups in total. The molecule has 1 rings (SSSR count). The molecule has 0 saturated heterocycles. The maximum atomic E-state index is 10.5. The van der Waals surface area contributed by atoms with Crippen LogP contribution in [0.3, 0.4) is 0 Å². The standard InChI is InChI=1S/C11H17NO5/c1-11(2,15-3)4-5-16-7-8-6-9(10(13)14)12-17-8/h6H,4-5,7H2,1-3H3,(H,13,14). The van der Waals surface area contributed by atoms with Gasteiger partial charge in [-0.3, -0.25) is 0 Å². The van der Waals surface area contributed by atoms with Gasteiger partial charge in [0.25, 0.3) is 0 Å². The summed E-state index contributed by atoms with van der Waals surface area (Å²) in [6, 6.07) is 1.35. The molecule has 1 aromatic rings. The fourth-order valence-electron chi connectivity index (χ4n) is 1.07. The predicted molar refractivity (Wildman–Crippen MR) is 58.8 cm³/mol. The van der Waals surface area contributed by atoms with Gasteiger partial charge in [0, 0.05) is 19.8 Å². The number of aromatic carboxylic acids is 1. The molecule has 0 unspecified atom stereocenters. The highest BCUT2D eigenvalue weighted by Crippen LogP contribution is 2.13. The summed E-state index contributed by atoms with van der Waals surface area (Å²) in [5.41, 5.74) is -0.339. The maximum absolute atomic E-state index is 10.5. The van der Waals surface area contributed by atoms with Gasteiger partial charge in [-0.05, 0) is 20.3 Å². The Morgan fingerprint density at radius 2 is 2.29 bits per heavy atom. The minimum absolute atomic E-state index is 0.110. The van der Waals surface area contributed by atoms with E-state index in [1.807, 2.05) is 13.8 Å². The minimum Gasteiger partial charge on any atom is -0.476 e. The van der Waals surface area contributed by atoms with Crippen LogP contribution in [-0.4, -0.2) is 35.6 Å². The fourth-order valence-corrected chi connectivity index (χ4v) is 1.07. The number of carboxylic acids is 1. The van der Waals surface area contributed by atoms with Gasteiger partial charge in [-0.2, -0.15) is 0 Å². The average Bonchev–Trinajstić information content (AvgIpc) is 2.73. The van der Waals surface area contributed by atoms with E-state index in [4.69, 9.17) is 19.1 Å². The lowest BCUT2D eigenvalue weighted by atomic mass is 10.1. The molecule has 96 valence electrons. The van der Waals surface area contributed by atoms with Gasteiger partial charge in [-0.1, -0.05) is 5.16 Å². The zero-order valence-corrected chi connectivity index (χ0v) is 10.2. The summed E-state index contributed by atoms with van der Waals surface area (Å²) in [4.78, 5) is 10.5. The molecular weight excluding hydrogens is 226 g/mol. The van der Waals surface area contributed by atoms with E-state index in [9.17, 15) is 4.79 Å². The molecule has 6 nitrogen and oxygen atoms in total. The summed E-state index contributed by atoms with van der Waals surface area (Å²) >= 11 is 0. The Morgan fingerprint density at radius 1 is 1.59 bits per heavy atom. The molecule has 0 fully saturated rings. The second-order valence-corrected chi connectivity index (χ2v) is 4.25. The van der Waals surface area contributed by atoms with Crippen LogP contribution in [0.2, 0.25) is 0 Å². The highest BCUT2D eigenvalue weighted by atomic mass is 16.5. The van der Waals surface area contributed by atoms with E-state index >= 15 is 0 Å². The van der Waals surface area contributed by atoms with E-state index < -0.39 is 5.97 Å². The van der Waals surface area contributed by atoms with Gasteiger partial charge in [0.2, 0.25) is 0 Å². The number of aromatic nitrogens is 1. The molecular formula is C11H17NO5. The van der Waals surface area contributed by atoms with Gasteiger partial charge in [-0.15, -0.1) is 0 Å². The highest BCUT2D eigenvalue weighted by molar-refractivity contribution is 5.85. The van der Waals surface area contributed by atoms with Crippen molar-refractivity contribution in [1.82, 2.24) is 5.16 Å². The first-order valence-electron chi connectivity index (χ1n) is 5.26. The normalized spacial score (nSPS) is 11.7. The molecule has 0 aliphatic rings. The van der Waals surface area contributed by atoms with E-state index in [0.717, 1.165) is 6.42 Å². The molecule has 0 aliphatic carbocycles. The summed E-state index contributed by atoms with van der Waals surface area (Å²) in [6.45, 7) is 4.64. The second kappa shape index (κ2) is 5.79. The largest absolute Gasteiger partial charge is 0.476 e. The molecule has 0 bridgehead atoms. The van der Waals surface area contributed by atoms with Crippen molar-refractivity contribution in [2.45, 2.75) is 32.5 Å². The van der Waals surface area contributed by atoms with Crippen molar-refractivity contribution in [1.29, 1.82) is 0 Å². The molecule has 1 aromatic heterocycles. The van der Waals surface area contributed by atoms with Gasteiger partial charge in [0.1, 0.15) is 6.61 Å². The van der Waals surface area contributed by atoms with E-state index in [1.165, 1.54) is 6.07 Å². The molecule has 0 radical (unpaired) electrons. The second-order valence-electron chi connectivity index (χ2n) is 4.25. The first-order chi connectivity index (χ1) is 7.94. The number of rotatable bonds is 7. The van der Waals surface area contributed by atoms with Gasteiger partial charge in [-0.25, -0.2) is 4.79 Å². The summed E-state index contributed by atoms with van der Waals surface area (Å²) < 4.78 is 15.4. The lowest BCUT2D eigenvalue weighted by molar-refractivity contribution is -0.0148. The van der Waals surface area contributed by atoms with Crippen LogP contribution in [-0.2, 0) is 16.1 Å². The van der Waals surface area contributed by atoms with Crippen molar-refractivity contribution in [2.75, 3.05) is 13.7 Å². The van der Waals surface area contributed by atoms with Crippen LogP contribution in [0.25, 0.3) is 0 Å². The Labute approximate surface area is 99.5 Å². The van der Waals surface area contributed by atoms with Crippen LogP contribution in [0.4, 0.5) is 0 Å². The van der Waals surface area contributed by atoms with Crippen LogP contribution >= 0.6 is 0 Å². The van der Waals surface area contributed by atoms with Crippen molar-refractivity contribution >= 4 is 5.97 Å². The number of methoxy groups -OCH3 is 1. The van der Waals surface area contributed by atoms with Crippen LogP contribution in [0.5, 0.6) is 0 Å². The summed E-state index contributed by atoms with van der Waals surface area (Å²) in [6.07, 6.45) is 0.740. The van der Waals surface area contributed by atoms with Gasteiger partial charge in [0.05, 0.1) is 5.60 Å². The molecule has 1 heterocycles. The Morgan fingerprint density at radius 3 is 2.82 bits per heavy atom. The Balaban J connectivity index is 2.29. The minimum atomic E-state index is -1.11. The monoisotopic (exact) mass is 243 g/mol.